The minimum Gasteiger partial charge on any atom is -0.478 e. The van der Waals surface area contributed by atoms with Gasteiger partial charge >= 0.3 is 5.97 Å². The van der Waals surface area contributed by atoms with Crippen LogP contribution in [0.4, 0.5) is 5.13 Å². The zero-order valence-electron chi connectivity index (χ0n) is 11.4. The lowest BCUT2D eigenvalue weighted by Crippen LogP contribution is -2.69. The summed E-state index contributed by atoms with van der Waals surface area (Å²) in [7, 11) is 0. The fraction of sp³-hybridized carbons (Fsp3) is 0.250. The molecule has 120 valence electrons. The first-order valence-corrected chi connectivity index (χ1v) is 8.25. The Hall–Kier alpha value is -2.40. The predicted molar refractivity (Wildman–Crippen MR) is 81.6 cm³/mol. The summed E-state index contributed by atoms with van der Waals surface area (Å²) in [4.78, 5) is 51.7. The number of nitrogens with one attached hydrogen (secondary N) is 1. The number of Topliss-reactive ketones (excluding diaryl/α,β-unsaturated/α-hetero) is 1. The van der Waals surface area contributed by atoms with Crippen molar-refractivity contribution in [2.75, 3.05) is 11.5 Å². The van der Waals surface area contributed by atoms with Crippen molar-refractivity contribution in [3.8, 4) is 0 Å². The van der Waals surface area contributed by atoms with Crippen LogP contribution in [0.2, 0.25) is 0 Å². The number of fused-ring (bicyclic) bond motifs is 1. The van der Waals surface area contributed by atoms with Gasteiger partial charge in [-0.3, -0.25) is 14.4 Å². The molecule has 2 aliphatic heterocycles. The number of carboxylic acid groups (broad SMARTS) is 1. The Bertz CT molecular complexity index is 758. The number of nitrogen functional groups attached to an aromatic ring is 1. The number of ketones is 1. The number of aliphatic carboxylic acids is 1. The van der Waals surface area contributed by atoms with Gasteiger partial charge in [-0.25, -0.2) is 9.78 Å². The summed E-state index contributed by atoms with van der Waals surface area (Å²) in [5, 5.41) is 12.4. The molecule has 0 radical (unpaired) electrons. The van der Waals surface area contributed by atoms with E-state index in [4.69, 9.17) is 10.8 Å². The van der Waals surface area contributed by atoms with Gasteiger partial charge in [0.25, 0.3) is 17.6 Å². The van der Waals surface area contributed by atoms with Gasteiger partial charge in [-0.2, -0.15) is 0 Å². The quantitative estimate of drug-likeness (QED) is 0.365. The summed E-state index contributed by atoms with van der Waals surface area (Å²) in [6.45, 7) is 0. The van der Waals surface area contributed by atoms with Crippen LogP contribution in [0.5, 0.6) is 0 Å². The van der Waals surface area contributed by atoms with Crippen molar-refractivity contribution in [3.63, 3.8) is 0 Å². The molecule has 23 heavy (non-hydrogen) atoms. The predicted octanol–water partition coefficient (Wildman–Crippen LogP) is -0.724. The van der Waals surface area contributed by atoms with E-state index in [1.165, 1.54) is 28.2 Å². The number of aromatic nitrogens is 1. The fourth-order valence-corrected chi connectivity index (χ4v) is 3.94. The van der Waals surface area contributed by atoms with Gasteiger partial charge in [-0.15, -0.1) is 23.1 Å². The molecule has 0 bridgehead atoms. The Morgan fingerprint density at radius 2 is 2.17 bits per heavy atom. The Balaban J connectivity index is 1.66. The largest absolute Gasteiger partial charge is 0.478 e. The first-order chi connectivity index (χ1) is 10.9. The van der Waals surface area contributed by atoms with Gasteiger partial charge in [0.2, 0.25) is 0 Å². The zero-order chi connectivity index (χ0) is 16.7. The van der Waals surface area contributed by atoms with Crippen LogP contribution in [0, 0.1) is 0 Å². The van der Waals surface area contributed by atoms with Gasteiger partial charge in [-0.1, -0.05) is 0 Å². The third-order valence-corrected chi connectivity index (χ3v) is 5.30. The number of thioether (sulfide) groups is 1. The molecule has 2 aliphatic rings. The fourth-order valence-electron chi connectivity index (χ4n) is 2.15. The van der Waals surface area contributed by atoms with Crippen molar-refractivity contribution in [2.24, 2.45) is 0 Å². The van der Waals surface area contributed by atoms with Crippen LogP contribution in [0.1, 0.15) is 10.5 Å². The van der Waals surface area contributed by atoms with Crippen molar-refractivity contribution >= 4 is 51.8 Å². The maximum Gasteiger partial charge on any atom is 0.333 e. The van der Waals surface area contributed by atoms with Crippen LogP contribution in [-0.2, 0) is 14.4 Å². The van der Waals surface area contributed by atoms with E-state index >= 15 is 0 Å². The van der Waals surface area contributed by atoms with Crippen molar-refractivity contribution < 1.29 is 24.3 Å². The van der Waals surface area contributed by atoms with Crippen LogP contribution in [0.25, 0.3) is 0 Å². The molecule has 3 rings (SSSR count). The smallest absolute Gasteiger partial charge is 0.333 e. The van der Waals surface area contributed by atoms with Crippen LogP contribution < -0.4 is 11.1 Å². The second-order valence-corrected chi connectivity index (χ2v) is 6.75. The number of anilines is 1. The molecule has 4 N–H and O–H groups in total. The SMILES string of the molecule is Nc1nc(C(=O)C(=O)NC2C(=O)N3C=C(C(=O)O)CS[C@H]23)cs1. The normalized spacial score (nSPS) is 22.7. The summed E-state index contributed by atoms with van der Waals surface area (Å²) >= 11 is 2.24. The Kier molecular flexibility index (Phi) is 3.82. The minimum absolute atomic E-state index is 0.0713. The number of carbonyl (C=O) groups excluding carboxylic acids is 3. The molecular formula is C12H10N4O5S2. The van der Waals surface area contributed by atoms with Gasteiger partial charge < -0.3 is 21.1 Å². The van der Waals surface area contributed by atoms with E-state index < -0.39 is 35.0 Å². The molecule has 1 aromatic rings. The van der Waals surface area contributed by atoms with Crippen molar-refractivity contribution in [1.29, 1.82) is 0 Å². The van der Waals surface area contributed by atoms with Gasteiger partial charge in [-0.05, 0) is 0 Å². The van der Waals surface area contributed by atoms with Crippen LogP contribution in [0.3, 0.4) is 0 Å². The lowest BCUT2D eigenvalue weighted by molar-refractivity contribution is -0.144. The van der Waals surface area contributed by atoms with Crippen LogP contribution >= 0.6 is 23.1 Å². The van der Waals surface area contributed by atoms with Crippen LogP contribution in [0.15, 0.2) is 17.2 Å². The third-order valence-electron chi connectivity index (χ3n) is 3.31. The highest BCUT2D eigenvalue weighted by Crippen LogP contribution is 2.36. The molecule has 11 heteroatoms. The van der Waals surface area contributed by atoms with Crippen LogP contribution in [-0.4, -0.2) is 55.7 Å². The number of carbonyl (C=O) groups is 4. The summed E-state index contributed by atoms with van der Waals surface area (Å²) in [5.41, 5.74) is 5.45. The Morgan fingerprint density at radius 1 is 1.43 bits per heavy atom. The highest BCUT2D eigenvalue weighted by molar-refractivity contribution is 8.00. The maximum absolute atomic E-state index is 12.0. The molecule has 0 saturated carbocycles. The van der Waals surface area contributed by atoms with Crippen molar-refractivity contribution in [1.82, 2.24) is 15.2 Å². The van der Waals surface area contributed by atoms with Gasteiger partial charge in [0, 0.05) is 17.3 Å². The van der Waals surface area contributed by atoms with Gasteiger partial charge in [0.05, 0.1) is 5.57 Å². The second-order valence-electron chi connectivity index (χ2n) is 4.76. The number of carboxylic acids is 1. The molecule has 1 fully saturated rings. The van der Waals surface area contributed by atoms with E-state index in [1.807, 2.05) is 0 Å². The number of nitrogens with two attached hydrogens (primary N) is 1. The number of β-lactam (4-membered cyclic amide) rings is 1. The molecule has 2 amide bonds. The summed E-state index contributed by atoms with van der Waals surface area (Å²) in [5.74, 6) is -3.15. The summed E-state index contributed by atoms with van der Waals surface area (Å²) in [6.07, 6.45) is 1.26. The van der Waals surface area contributed by atoms with Crippen molar-refractivity contribution in [3.05, 3.63) is 22.8 Å². The van der Waals surface area contributed by atoms with Gasteiger partial charge in [0.1, 0.15) is 17.1 Å². The Morgan fingerprint density at radius 3 is 2.78 bits per heavy atom. The van der Waals surface area contributed by atoms with E-state index in [-0.39, 0.29) is 22.2 Å². The maximum atomic E-state index is 12.0. The second kappa shape index (κ2) is 5.66. The number of nitrogens with zero attached hydrogens (tertiary/aromatic N) is 2. The van der Waals surface area contributed by atoms with E-state index in [1.54, 1.807) is 0 Å². The summed E-state index contributed by atoms with van der Waals surface area (Å²) in [6, 6.07) is -0.862. The third kappa shape index (κ3) is 2.68. The number of hydrogen-bond acceptors (Lipinski definition) is 8. The van der Waals surface area contributed by atoms with E-state index in [0.29, 0.717) is 0 Å². The standard InChI is InChI=1S/C12H10N4O5S2/c13-12-14-5(3-23-12)7(17)8(18)15-6-9(19)16-1-4(11(20)21)2-22-10(6)16/h1,3,6,10H,2H2,(H2,13,14)(H,15,18)(H,20,21)/t6?,10-/m1/s1. The average molecular weight is 354 g/mol. The summed E-state index contributed by atoms with van der Waals surface area (Å²) < 4.78 is 0. The molecule has 0 aromatic carbocycles. The highest BCUT2D eigenvalue weighted by atomic mass is 32.2. The first-order valence-electron chi connectivity index (χ1n) is 6.32. The first kappa shape index (κ1) is 15.5. The topological polar surface area (TPSA) is 143 Å². The highest BCUT2D eigenvalue weighted by Gasteiger charge is 2.50. The van der Waals surface area contributed by atoms with E-state index in [2.05, 4.69) is 10.3 Å². The number of rotatable bonds is 4. The van der Waals surface area contributed by atoms with E-state index in [9.17, 15) is 19.2 Å². The van der Waals surface area contributed by atoms with Gasteiger partial charge in [0.15, 0.2) is 5.13 Å². The Labute approximate surface area is 137 Å². The number of hydrogen-bond donors (Lipinski definition) is 3. The molecular weight excluding hydrogens is 344 g/mol. The van der Waals surface area contributed by atoms with E-state index in [0.717, 1.165) is 11.3 Å². The molecule has 1 aromatic heterocycles. The molecule has 1 saturated heterocycles. The monoisotopic (exact) mass is 354 g/mol. The molecule has 3 heterocycles. The lowest BCUT2D eigenvalue weighted by Gasteiger charge is -2.46. The molecule has 0 spiro atoms. The number of amides is 2. The van der Waals surface area contributed by atoms with Crippen molar-refractivity contribution in [2.45, 2.75) is 11.4 Å². The minimum atomic E-state index is -1.09. The molecule has 9 nitrogen and oxygen atoms in total. The number of thiazole rings is 1. The lowest BCUT2D eigenvalue weighted by atomic mass is 10.1. The molecule has 2 atom stereocenters. The molecule has 0 aliphatic carbocycles. The zero-order valence-corrected chi connectivity index (χ0v) is 13.0. The molecule has 1 unspecified atom stereocenters. The average Bonchev–Trinajstić information content (AvgIpc) is 2.97.